The lowest BCUT2D eigenvalue weighted by Crippen LogP contribution is -2.11. The summed E-state index contributed by atoms with van der Waals surface area (Å²) in [5, 5.41) is 12.9. The number of aliphatic hydroxyl groups is 1. The second kappa shape index (κ2) is 7.20. The molecule has 0 atom stereocenters. The van der Waals surface area contributed by atoms with E-state index in [2.05, 4.69) is 5.32 Å². The van der Waals surface area contributed by atoms with Crippen LogP contribution in [0.15, 0.2) is 12.1 Å². The highest BCUT2D eigenvalue weighted by Crippen LogP contribution is 2.31. The van der Waals surface area contributed by atoms with E-state index >= 15 is 0 Å². The van der Waals surface area contributed by atoms with E-state index < -0.39 is 0 Å². The minimum Gasteiger partial charge on any atom is -0.394 e. The molecule has 0 saturated heterocycles. The lowest BCUT2D eigenvalue weighted by Gasteiger charge is -2.09. The van der Waals surface area contributed by atoms with E-state index in [-0.39, 0.29) is 6.61 Å². The maximum Gasteiger partial charge on any atom is 0.0698 e. The summed E-state index contributed by atoms with van der Waals surface area (Å²) in [6.45, 7) is 1.42. The zero-order chi connectivity index (χ0) is 12.0. The molecular formula is C10H12Cl3NO2. The second-order valence-corrected chi connectivity index (χ2v) is 4.23. The third kappa shape index (κ3) is 4.36. The van der Waals surface area contributed by atoms with Gasteiger partial charge in [-0.3, -0.25) is 0 Å². The van der Waals surface area contributed by atoms with Gasteiger partial charge < -0.3 is 15.2 Å². The molecule has 0 radical (unpaired) electrons. The second-order valence-electron chi connectivity index (χ2n) is 3.01. The largest absolute Gasteiger partial charge is 0.394 e. The van der Waals surface area contributed by atoms with E-state index in [1.165, 1.54) is 0 Å². The van der Waals surface area contributed by atoms with Gasteiger partial charge >= 0.3 is 0 Å². The van der Waals surface area contributed by atoms with Crippen molar-refractivity contribution >= 4 is 40.5 Å². The third-order valence-electron chi connectivity index (χ3n) is 1.81. The Balaban J connectivity index is 2.45. The van der Waals surface area contributed by atoms with Crippen LogP contribution < -0.4 is 5.32 Å². The molecule has 1 aromatic carbocycles. The Labute approximate surface area is 109 Å². The fourth-order valence-electron chi connectivity index (χ4n) is 1.08. The Morgan fingerprint density at radius 1 is 1.06 bits per heavy atom. The van der Waals surface area contributed by atoms with Crippen LogP contribution >= 0.6 is 34.8 Å². The molecular weight excluding hydrogens is 272 g/mol. The van der Waals surface area contributed by atoms with Crippen molar-refractivity contribution in [3.63, 3.8) is 0 Å². The fraction of sp³-hybridized carbons (Fsp3) is 0.400. The maximum absolute atomic E-state index is 8.50. The van der Waals surface area contributed by atoms with E-state index in [9.17, 15) is 0 Å². The number of hydrogen-bond donors (Lipinski definition) is 2. The van der Waals surface area contributed by atoms with Crippen LogP contribution in [0.25, 0.3) is 0 Å². The quantitative estimate of drug-likeness (QED) is 0.623. The number of ether oxygens (including phenoxy) is 1. The van der Waals surface area contributed by atoms with Gasteiger partial charge in [0.1, 0.15) is 0 Å². The van der Waals surface area contributed by atoms with Crippen molar-refractivity contribution in [3.05, 3.63) is 27.2 Å². The average Bonchev–Trinajstić information content (AvgIpc) is 2.25. The van der Waals surface area contributed by atoms with E-state index in [0.29, 0.717) is 40.5 Å². The molecule has 3 nitrogen and oxygen atoms in total. The van der Waals surface area contributed by atoms with Gasteiger partial charge in [-0.1, -0.05) is 34.8 Å². The Morgan fingerprint density at radius 2 is 1.75 bits per heavy atom. The lowest BCUT2D eigenvalue weighted by atomic mass is 10.3. The highest BCUT2D eigenvalue weighted by Gasteiger charge is 2.05. The molecule has 2 N–H and O–H groups in total. The number of aliphatic hydroxyl groups excluding tert-OH is 1. The first-order chi connectivity index (χ1) is 7.65. The normalized spacial score (nSPS) is 10.5. The van der Waals surface area contributed by atoms with Crippen LogP contribution in [0, 0.1) is 0 Å². The number of nitrogens with one attached hydrogen (secondary N) is 1. The summed E-state index contributed by atoms with van der Waals surface area (Å²) in [6.07, 6.45) is 0. The van der Waals surface area contributed by atoms with Crippen LogP contribution in [0.2, 0.25) is 15.1 Å². The van der Waals surface area contributed by atoms with Gasteiger partial charge in [0.05, 0.1) is 40.6 Å². The van der Waals surface area contributed by atoms with E-state index in [4.69, 9.17) is 44.6 Å². The molecule has 0 aliphatic heterocycles. The summed E-state index contributed by atoms with van der Waals surface area (Å²) >= 11 is 17.6. The van der Waals surface area contributed by atoms with E-state index in [1.807, 2.05) is 0 Å². The Bertz CT molecular complexity index is 347. The molecule has 90 valence electrons. The molecule has 0 heterocycles. The zero-order valence-corrected chi connectivity index (χ0v) is 10.7. The Kier molecular flexibility index (Phi) is 6.24. The molecule has 0 aliphatic rings. The number of benzene rings is 1. The van der Waals surface area contributed by atoms with Crippen LogP contribution in [0.1, 0.15) is 0 Å². The first-order valence-corrected chi connectivity index (χ1v) is 5.85. The van der Waals surface area contributed by atoms with Crippen molar-refractivity contribution < 1.29 is 9.84 Å². The van der Waals surface area contributed by atoms with Gasteiger partial charge in [0.25, 0.3) is 0 Å². The molecule has 0 spiro atoms. The minimum absolute atomic E-state index is 0.0214. The molecule has 1 aromatic rings. The highest BCUT2D eigenvalue weighted by atomic mass is 35.5. The first-order valence-electron chi connectivity index (χ1n) is 4.72. The molecule has 1 rings (SSSR count). The number of anilines is 1. The molecule has 0 saturated carbocycles. The number of halogens is 3. The summed E-state index contributed by atoms with van der Waals surface area (Å²) in [6, 6.07) is 3.25. The highest BCUT2D eigenvalue weighted by molar-refractivity contribution is 6.44. The van der Waals surface area contributed by atoms with Gasteiger partial charge in [0.15, 0.2) is 0 Å². The van der Waals surface area contributed by atoms with E-state index in [0.717, 1.165) is 0 Å². The summed E-state index contributed by atoms with van der Waals surface area (Å²) in [5.41, 5.74) is 0.712. The van der Waals surface area contributed by atoms with Crippen molar-refractivity contribution in [2.24, 2.45) is 0 Å². The van der Waals surface area contributed by atoms with Crippen LogP contribution in [0.5, 0.6) is 0 Å². The SMILES string of the molecule is OCCOCCNc1cc(Cl)c(Cl)cc1Cl. The van der Waals surface area contributed by atoms with Crippen molar-refractivity contribution in [1.82, 2.24) is 0 Å². The van der Waals surface area contributed by atoms with Crippen molar-refractivity contribution in [2.45, 2.75) is 0 Å². The van der Waals surface area contributed by atoms with Gasteiger partial charge in [-0.15, -0.1) is 0 Å². The molecule has 16 heavy (non-hydrogen) atoms. The van der Waals surface area contributed by atoms with Gasteiger partial charge in [0, 0.05) is 6.54 Å². The van der Waals surface area contributed by atoms with Crippen LogP contribution in [0.4, 0.5) is 5.69 Å². The molecule has 0 aliphatic carbocycles. The minimum atomic E-state index is 0.0214. The van der Waals surface area contributed by atoms with Gasteiger partial charge in [-0.25, -0.2) is 0 Å². The molecule has 0 fully saturated rings. The topological polar surface area (TPSA) is 41.5 Å². The average molecular weight is 285 g/mol. The molecule has 0 bridgehead atoms. The fourth-order valence-corrected chi connectivity index (χ4v) is 1.70. The first kappa shape index (κ1) is 13.9. The molecule has 6 heteroatoms. The summed E-state index contributed by atoms with van der Waals surface area (Å²) in [4.78, 5) is 0. The summed E-state index contributed by atoms with van der Waals surface area (Å²) in [5.74, 6) is 0. The Hall–Kier alpha value is -0.190. The van der Waals surface area contributed by atoms with E-state index in [1.54, 1.807) is 12.1 Å². The standard InChI is InChI=1S/C10H12Cl3NO2/c11-7-5-9(13)10(6-8(7)12)14-1-3-16-4-2-15/h5-6,14-15H,1-4H2. The Morgan fingerprint density at radius 3 is 2.44 bits per heavy atom. The predicted molar refractivity (Wildman–Crippen MR) is 67.9 cm³/mol. The zero-order valence-electron chi connectivity index (χ0n) is 8.47. The summed E-state index contributed by atoms with van der Waals surface area (Å²) < 4.78 is 5.08. The van der Waals surface area contributed by atoms with Gasteiger partial charge in [-0.05, 0) is 12.1 Å². The van der Waals surface area contributed by atoms with Crippen LogP contribution in [-0.2, 0) is 4.74 Å². The van der Waals surface area contributed by atoms with Crippen molar-refractivity contribution in [3.8, 4) is 0 Å². The van der Waals surface area contributed by atoms with Crippen molar-refractivity contribution in [1.29, 1.82) is 0 Å². The summed E-state index contributed by atoms with van der Waals surface area (Å²) in [7, 11) is 0. The maximum atomic E-state index is 8.50. The number of hydrogen-bond acceptors (Lipinski definition) is 3. The van der Waals surface area contributed by atoms with Crippen LogP contribution in [-0.4, -0.2) is 31.5 Å². The lowest BCUT2D eigenvalue weighted by molar-refractivity contribution is 0.0992. The third-order valence-corrected chi connectivity index (χ3v) is 2.84. The molecule has 0 amide bonds. The van der Waals surface area contributed by atoms with Crippen molar-refractivity contribution in [2.75, 3.05) is 31.7 Å². The van der Waals surface area contributed by atoms with Crippen LogP contribution in [0.3, 0.4) is 0 Å². The number of rotatable bonds is 6. The molecule has 0 aromatic heterocycles. The van der Waals surface area contributed by atoms with Gasteiger partial charge in [0.2, 0.25) is 0 Å². The molecule has 0 unspecified atom stereocenters. The monoisotopic (exact) mass is 283 g/mol. The smallest absolute Gasteiger partial charge is 0.0698 e. The predicted octanol–water partition coefficient (Wildman–Crippen LogP) is 3.07. The van der Waals surface area contributed by atoms with Gasteiger partial charge in [-0.2, -0.15) is 0 Å².